The fraction of sp³-hybridized carbons (Fsp3) is 0.263. The van der Waals surface area contributed by atoms with Crippen LogP contribution in [0.4, 0.5) is 0 Å². The summed E-state index contributed by atoms with van der Waals surface area (Å²) >= 11 is 7.67. The second-order valence-corrected chi connectivity index (χ2v) is 7.70. The molecule has 1 amide bonds. The topological polar surface area (TPSA) is 49.6 Å². The lowest BCUT2D eigenvalue weighted by Gasteiger charge is -2.34. The summed E-state index contributed by atoms with van der Waals surface area (Å²) < 4.78 is 5.34. The lowest BCUT2D eigenvalue weighted by molar-refractivity contribution is 0.0619. The first-order chi connectivity index (χ1) is 12.7. The molecule has 5 nitrogen and oxygen atoms in total. The van der Waals surface area contributed by atoms with Crippen LogP contribution in [0, 0.1) is 0 Å². The minimum absolute atomic E-state index is 0.0789. The molecular weight excluding hydrogens is 370 g/mol. The molecule has 1 fully saturated rings. The second-order valence-electron chi connectivity index (χ2n) is 6.23. The monoisotopic (exact) mass is 387 g/mol. The van der Waals surface area contributed by atoms with E-state index < -0.39 is 0 Å². The summed E-state index contributed by atoms with van der Waals surface area (Å²) in [4.78, 5) is 18.3. The fourth-order valence-electron chi connectivity index (χ4n) is 3.02. The molecule has 0 N–H and O–H groups in total. The molecule has 1 saturated heterocycles. The predicted octanol–water partition coefficient (Wildman–Crippen LogP) is 4.01. The molecule has 1 aliphatic heterocycles. The minimum Gasteiger partial charge on any atom is -0.355 e. The van der Waals surface area contributed by atoms with Crippen molar-refractivity contribution in [3.8, 4) is 11.3 Å². The molecule has 0 unspecified atom stereocenters. The van der Waals surface area contributed by atoms with Crippen LogP contribution in [0.5, 0.6) is 0 Å². The van der Waals surface area contributed by atoms with Gasteiger partial charge in [-0.2, -0.15) is 0 Å². The van der Waals surface area contributed by atoms with Crippen LogP contribution in [-0.4, -0.2) is 47.0 Å². The standard InChI is InChI=1S/C19H18ClN3O2S/c20-15-5-3-14(4-6-15)18-12-17(21-25-18)19(24)23-9-7-22(8-10-23)13-16-2-1-11-26-16/h1-6,11-12H,7-10,13H2. The molecule has 0 bridgehead atoms. The smallest absolute Gasteiger partial charge is 0.276 e. The average molecular weight is 388 g/mol. The van der Waals surface area contributed by atoms with Gasteiger partial charge in [0.15, 0.2) is 11.5 Å². The molecule has 0 atom stereocenters. The van der Waals surface area contributed by atoms with Crippen molar-refractivity contribution in [1.29, 1.82) is 0 Å². The first-order valence-corrected chi connectivity index (χ1v) is 9.71. The fourth-order valence-corrected chi connectivity index (χ4v) is 3.89. The Morgan fingerprint density at radius 1 is 1.15 bits per heavy atom. The van der Waals surface area contributed by atoms with Crippen molar-refractivity contribution >= 4 is 28.8 Å². The predicted molar refractivity (Wildman–Crippen MR) is 102 cm³/mol. The number of thiophene rings is 1. The molecule has 1 aliphatic rings. The van der Waals surface area contributed by atoms with Gasteiger partial charge in [-0.15, -0.1) is 11.3 Å². The summed E-state index contributed by atoms with van der Waals surface area (Å²) in [5, 5.41) is 6.71. The van der Waals surface area contributed by atoms with Crippen molar-refractivity contribution in [2.45, 2.75) is 6.54 Å². The lowest BCUT2D eigenvalue weighted by atomic mass is 10.1. The number of halogens is 1. The van der Waals surface area contributed by atoms with Crippen LogP contribution in [0.1, 0.15) is 15.4 Å². The van der Waals surface area contributed by atoms with Crippen LogP contribution >= 0.6 is 22.9 Å². The van der Waals surface area contributed by atoms with E-state index in [1.165, 1.54) is 4.88 Å². The van der Waals surface area contributed by atoms with E-state index in [0.29, 0.717) is 29.6 Å². The van der Waals surface area contributed by atoms with Gasteiger partial charge < -0.3 is 9.42 Å². The molecule has 0 saturated carbocycles. The van der Waals surface area contributed by atoms with Crippen molar-refractivity contribution in [3.05, 3.63) is 63.4 Å². The third-order valence-electron chi connectivity index (χ3n) is 4.48. The lowest BCUT2D eigenvalue weighted by Crippen LogP contribution is -2.48. The highest BCUT2D eigenvalue weighted by atomic mass is 35.5. The van der Waals surface area contributed by atoms with E-state index in [4.69, 9.17) is 16.1 Å². The zero-order valence-electron chi connectivity index (χ0n) is 14.1. The number of hydrogen-bond acceptors (Lipinski definition) is 5. The number of carbonyl (C=O) groups excluding carboxylic acids is 1. The molecule has 0 radical (unpaired) electrons. The van der Waals surface area contributed by atoms with Crippen molar-refractivity contribution in [2.75, 3.05) is 26.2 Å². The zero-order chi connectivity index (χ0) is 17.9. The maximum Gasteiger partial charge on any atom is 0.276 e. The third kappa shape index (κ3) is 3.82. The Kier molecular flexibility index (Phi) is 5.06. The van der Waals surface area contributed by atoms with E-state index in [1.807, 2.05) is 17.0 Å². The van der Waals surface area contributed by atoms with Gasteiger partial charge in [-0.1, -0.05) is 22.8 Å². The van der Waals surface area contributed by atoms with E-state index in [1.54, 1.807) is 29.5 Å². The molecule has 26 heavy (non-hydrogen) atoms. The van der Waals surface area contributed by atoms with Gasteiger partial charge in [0.2, 0.25) is 0 Å². The van der Waals surface area contributed by atoms with Gasteiger partial charge in [-0.3, -0.25) is 9.69 Å². The Labute approximate surface area is 160 Å². The summed E-state index contributed by atoms with van der Waals surface area (Å²) in [6.45, 7) is 4.09. The maximum atomic E-state index is 12.7. The highest BCUT2D eigenvalue weighted by molar-refractivity contribution is 7.09. The molecule has 1 aromatic carbocycles. The number of hydrogen-bond donors (Lipinski definition) is 0. The number of aromatic nitrogens is 1. The van der Waals surface area contributed by atoms with Crippen LogP contribution in [-0.2, 0) is 6.54 Å². The third-order valence-corrected chi connectivity index (χ3v) is 5.59. The maximum absolute atomic E-state index is 12.7. The van der Waals surface area contributed by atoms with Gasteiger partial charge in [0.25, 0.3) is 5.91 Å². The molecule has 4 rings (SSSR count). The largest absolute Gasteiger partial charge is 0.355 e. The van der Waals surface area contributed by atoms with E-state index in [9.17, 15) is 4.79 Å². The first kappa shape index (κ1) is 17.3. The molecular formula is C19H18ClN3O2S. The normalized spacial score (nSPS) is 15.3. The van der Waals surface area contributed by atoms with Crippen LogP contribution in [0.2, 0.25) is 5.02 Å². The summed E-state index contributed by atoms with van der Waals surface area (Å²) in [5.74, 6) is 0.492. The van der Waals surface area contributed by atoms with Gasteiger partial charge in [-0.25, -0.2) is 0 Å². The van der Waals surface area contributed by atoms with Crippen molar-refractivity contribution in [1.82, 2.24) is 15.0 Å². The highest BCUT2D eigenvalue weighted by Gasteiger charge is 2.25. The van der Waals surface area contributed by atoms with Gasteiger partial charge in [0, 0.05) is 54.3 Å². The Bertz CT molecular complexity index is 869. The van der Waals surface area contributed by atoms with Crippen LogP contribution < -0.4 is 0 Å². The van der Waals surface area contributed by atoms with Crippen molar-refractivity contribution < 1.29 is 9.32 Å². The molecule has 7 heteroatoms. The number of piperazine rings is 1. The highest BCUT2D eigenvalue weighted by Crippen LogP contribution is 2.23. The molecule has 134 valence electrons. The van der Waals surface area contributed by atoms with Crippen LogP contribution in [0.3, 0.4) is 0 Å². The number of benzene rings is 1. The van der Waals surface area contributed by atoms with E-state index >= 15 is 0 Å². The zero-order valence-corrected chi connectivity index (χ0v) is 15.7. The Morgan fingerprint density at radius 2 is 1.92 bits per heavy atom. The number of nitrogens with zero attached hydrogens (tertiary/aromatic N) is 3. The number of amides is 1. The molecule has 0 aliphatic carbocycles. The Morgan fingerprint density at radius 3 is 2.62 bits per heavy atom. The summed E-state index contributed by atoms with van der Waals surface area (Å²) in [5.41, 5.74) is 1.20. The SMILES string of the molecule is O=C(c1cc(-c2ccc(Cl)cc2)on1)N1CCN(Cc2cccs2)CC1. The Hall–Kier alpha value is -2.15. The second kappa shape index (κ2) is 7.61. The van der Waals surface area contributed by atoms with Gasteiger partial charge in [0.05, 0.1) is 0 Å². The minimum atomic E-state index is -0.0789. The van der Waals surface area contributed by atoms with E-state index in [0.717, 1.165) is 25.2 Å². The number of carbonyl (C=O) groups is 1. The molecule has 2 aromatic heterocycles. The average Bonchev–Trinajstić information content (AvgIpc) is 3.34. The van der Waals surface area contributed by atoms with Gasteiger partial charge in [0.1, 0.15) is 0 Å². The molecule has 3 aromatic rings. The van der Waals surface area contributed by atoms with Crippen LogP contribution in [0.25, 0.3) is 11.3 Å². The van der Waals surface area contributed by atoms with E-state index in [-0.39, 0.29) is 5.91 Å². The van der Waals surface area contributed by atoms with Gasteiger partial charge >= 0.3 is 0 Å². The first-order valence-electron chi connectivity index (χ1n) is 8.46. The Balaban J connectivity index is 1.37. The van der Waals surface area contributed by atoms with Crippen molar-refractivity contribution in [2.24, 2.45) is 0 Å². The molecule has 0 spiro atoms. The van der Waals surface area contributed by atoms with Gasteiger partial charge in [-0.05, 0) is 35.7 Å². The summed E-state index contributed by atoms with van der Waals surface area (Å²) in [6.07, 6.45) is 0. The van der Waals surface area contributed by atoms with E-state index in [2.05, 4.69) is 27.6 Å². The number of rotatable bonds is 4. The quantitative estimate of drug-likeness (QED) is 0.678. The van der Waals surface area contributed by atoms with Crippen LogP contribution in [0.15, 0.2) is 52.4 Å². The van der Waals surface area contributed by atoms with Crippen molar-refractivity contribution in [3.63, 3.8) is 0 Å². The molecule has 3 heterocycles. The summed E-state index contributed by atoms with van der Waals surface area (Å²) in [7, 11) is 0. The summed E-state index contributed by atoms with van der Waals surface area (Å²) in [6, 6.07) is 13.2.